The molecule has 1 heterocycles. The first kappa shape index (κ1) is 6.99. The molecule has 2 N–H and O–H groups in total. The zero-order chi connectivity index (χ0) is 6.69. The average molecular weight is 131 g/mol. The topological polar surface area (TPSA) is 41.5 Å². The summed E-state index contributed by atoms with van der Waals surface area (Å²) in [5.41, 5.74) is 0. The van der Waals surface area contributed by atoms with Gasteiger partial charge in [-0.1, -0.05) is 6.92 Å². The quantitative estimate of drug-likeness (QED) is 0.523. The van der Waals surface area contributed by atoms with Gasteiger partial charge in [-0.05, 0) is 6.54 Å². The zero-order valence-corrected chi connectivity index (χ0v) is 5.63. The largest absolute Gasteiger partial charge is 0.389 e. The van der Waals surface area contributed by atoms with E-state index in [1.807, 2.05) is 6.92 Å². The summed E-state index contributed by atoms with van der Waals surface area (Å²) in [5.74, 6) is 0. The van der Waals surface area contributed by atoms with Gasteiger partial charge in [-0.25, -0.2) is 0 Å². The summed E-state index contributed by atoms with van der Waals surface area (Å²) in [5, 5.41) is 12.3. The predicted octanol–water partition coefficient (Wildman–Crippen LogP) is -0.644. The molecule has 1 rings (SSSR count). The molecule has 0 aromatic carbocycles. The Labute approximate surface area is 55.0 Å². The first-order valence-electron chi connectivity index (χ1n) is 3.33. The van der Waals surface area contributed by atoms with Gasteiger partial charge in [-0.2, -0.15) is 0 Å². The molecule has 0 spiro atoms. The van der Waals surface area contributed by atoms with E-state index in [2.05, 4.69) is 5.32 Å². The standard InChI is InChI=1S/C6H13NO2/c1-2-7-5-3-9-4-6(5)8/h5-8H,2-4H2,1H3/t5-,6-/m0/s1. The van der Waals surface area contributed by atoms with E-state index in [1.54, 1.807) is 0 Å². The van der Waals surface area contributed by atoms with Crippen molar-refractivity contribution in [2.45, 2.75) is 19.1 Å². The van der Waals surface area contributed by atoms with Gasteiger partial charge < -0.3 is 15.2 Å². The fraction of sp³-hybridized carbons (Fsp3) is 1.00. The Bertz CT molecular complexity index is 87.1. The van der Waals surface area contributed by atoms with Crippen LogP contribution in [0.15, 0.2) is 0 Å². The van der Waals surface area contributed by atoms with Crippen LogP contribution in [-0.4, -0.2) is 37.0 Å². The van der Waals surface area contributed by atoms with Crippen molar-refractivity contribution in [3.8, 4) is 0 Å². The normalized spacial score (nSPS) is 35.3. The summed E-state index contributed by atoms with van der Waals surface area (Å²) < 4.78 is 5.01. The van der Waals surface area contributed by atoms with Crippen LogP contribution < -0.4 is 5.32 Å². The Hall–Kier alpha value is -0.120. The third kappa shape index (κ3) is 1.64. The van der Waals surface area contributed by atoms with Crippen molar-refractivity contribution >= 4 is 0 Å². The van der Waals surface area contributed by atoms with Crippen molar-refractivity contribution in [3.05, 3.63) is 0 Å². The van der Waals surface area contributed by atoms with Crippen LogP contribution in [0.1, 0.15) is 6.92 Å². The highest BCUT2D eigenvalue weighted by atomic mass is 16.5. The van der Waals surface area contributed by atoms with Crippen molar-refractivity contribution in [1.29, 1.82) is 0 Å². The number of likely N-dealkylation sites (N-methyl/N-ethyl adjacent to an activating group) is 1. The number of aliphatic hydroxyl groups is 1. The molecule has 1 fully saturated rings. The molecule has 0 unspecified atom stereocenters. The van der Waals surface area contributed by atoms with E-state index in [-0.39, 0.29) is 12.1 Å². The maximum absolute atomic E-state index is 9.13. The summed E-state index contributed by atoms with van der Waals surface area (Å²) >= 11 is 0. The lowest BCUT2D eigenvalue weighted by Crippen LogP contribution is -2.38. The smallest absolute Gasteiger partial charge is 0.0948 e. The summed E-state index contributed by atoms with van der Waals surface area (Å²) in [4.78, 5) is 0. The molecule has 0 bridgehead atoms. The Morgan fingerprint density at radius 1 is 1.67 bits per heavy atom. The highest BCUT2D eigenvalue weighted by molar-refractivity contribution is 4.79. The van der Waals surface area contributed by atoms with Gasteiger partial charge in [0.25, 0.3) is 0 Å². The van der Waals surface area contributed by atoms with E-state index in [9.17, 15) is 0 Å². The maximum Gasteiger partial charge on any atom is 0.0948 e. The molecule has 2 atom stereocenters. The second-order valence-corrected chi connectivity index (χ2v) is 2.27. The third-order valence-electron chi connectivity index (χ3n) is 1.52. The van der Waals surface area contributed by atoms with Gasteiger partial charge in [-0.3, -0.25) is 0 Å². The Morgan fingerprint density at radius 2 is 2.44 bits per heavy atom. The van der Waals surface area contributed by atoms with Crippen molar-refractivity contribution < 1.29 is 9.84 Å². The Kier molecular flexibility index (Phi) is 2.45. The molecule has 3 heteroatoms. The van der Waals surface area contributed by atoms with Gasteiger partial charge >= 0.3 is 0 Å². The summed E-state index contributed by atoms with van der Waals surface area (Å²) in [6.07, 6.45) is -0.301. The molecule has 1 aliphatic heterocycles. The molecule has 0 radical (unpaired) electrons. The van der Waals surface area contributed by atoms with Crippen molar-refractivity contribution in [2.75, 3.05) is 19.8 Å². The second-order valence-electron chi connectivity index (χ2n) is 2.27. The van der Waals surface area contributed by atoms with Crippen LogP contribution in [0.4, 0.5) is 0 Å². The summed E-state index contributed by atoms with van der Waals surface area (Å²) in [7, 11) is 0. The van der Waals surface area contributed by atoms with Crippen LogP contribution in [0.5, 0.6) is 0 Å². The highest BCUT2D eigenvalue weighted by Crippen LogP contribution is 2.03. The van der Waals surface area contributed by atoms with Gasteiger partial charge in [0.05, 0.1) is 25.4 Å². The predicted molar refractivity (Wildman–Crippen MR) is 34.3 cm³/mol. The summed E-state index contributed by atoms with van der Waals surface area (Å²) in [6, 6.07) is 0.162. The van der Waals surface area contributed by atoms with Gasteiger partial charge in [0.1, 0.15) is 0 Å². The molecular weight excluding hydrogens is 118 g/mol. The van der Waals surface area contributed by atoms with E-state index in [4.69, 9.17) is 9.84 Å². The molecule has 0 amide bonds. The van der Waals surface area contributed by atoms with E-state index in [0.29, 0.717) is 13.2 Å². The second kappa shape index (κ2) is 3.15. The number of ether oxygens (including phenoxy) is 1. The molecule has 1 saturated heterocycles. The van der Waals surface area contributed by atoms with Gasteiger partial charge in [0.2, 0.25) is 0 Å². The third-order valence-corrected chi connectivity index (χ3v) is 1.52. The van der Waals surface area contributed by atoms with E-state index in [1.165, 1.54) is 0 Å². The Balaban J connectivity index is 2.22. The average Bonchev–Trinajstić information content (AvgIpc) is 2.18. The molecular formula is C6H13NO2. The molecule has 0 aromatic heterocycles. The highest BCUT2D eigenvalue weighted by Gasteiger charge is 2.24. The van der Waals surface area contributed by atoms with E-state index < -0.39 is 0 Å². The first-order valence-corrected chi connectivity index (χ1v) is 3.33. The van der Waals surface area contributed by atoms with Crippen LogP contribution in [-0.2, 0) is 4.74 Å². The van der Waals surface area contributed by atoms with Crippen molar-refractivity contribution in [2.24, 2.45) is 0 Å². The van der Waals surface area contributed by atoms with E-state index >= 15 is 0 Å². The fourth-order valence-corrected chi connectivity index (χ4v) is 1.00. The SMILES string of the molecule is CCN[C@H]1COC[C@@H]1O. The van der Waals surface area contributed by atoms with Gasteiger partial charge in [0, 0.05) is 0 Å². The minimum atomic E-state index is -0.301. The number of aliphatic hydroxyl groups excluding tert-OH is 1. The van der Waals surface area contributed by atoms with Crippen LogP contribution >= 0.6 is 0 Å². The molecule has 1 aliphatic rings. The van der Waals surface area contributed by atoms with Crippen molar-refractivity contribution in [3.63, 3.8) is 0 Å². The minimum absolute atomic E-state index is 0.162. The maximum atomic E-state index is 9.13. The van der Waals surface area contributed by atoms with Crippen LogP contribution in [0.25, 0.3) is 0 Å². The van der Waals surface area contributed by atoms with E-state index in [0.717, 1.165) is 6.54 Å². The fourth-order valence-electron chi connectivity index (χ4n) is 1.00. The number of nitrogens with one attached hydrogen (secondary N) is 1. The molecule has 9 heavy (non-hydrogen) atoms. The lowest BCUT2D eigenvalue weighted by Gasteiger charge is -2.11. The molecule has 0 saturated carbocycles. The molecule has 3 nitrogen and oxygen atoms in total. The molecule has 0 aliphatic carbocycles. The lowest BCUT2D eigenvalue weighted by atomic mass is 10.2. The lowest BCUT2D eigenvalue weighted by molar-refractivity contribution is 0.122. The van der Waals surface area contributed by atoms with Gasteiger partial charge in [0.15, 0.2) is 0 Å². The van der Waals surface area contributed by atoms with Gasteiger partial charge in [-0.15, -0.1) is 0 Å². The summed E-state index contributed by atoms with van der Waals surface area (Å²) in [6.45, 7) is 4.04. The van der Waals surface area contributed by atoms with Crippen LogP contribution in [0, 0.1) is 0 Å². The monoisotopic (exact) mass is 131 g/mol. The first-order chi connectivity index (χ1) is 4.34. The minimum Gasteiger partial charge on any atom is -0.389 e. The molecule has 54 valence electrons. The Morgan fingerprint density at radius 3 is 2.89 bits per heavy atom. The number of hydrogen-bond donors (Lipinski definition) is 2. The van der Waals surface area contributed by atoms with Crippen LogP contribution in [0.2, 0.25) is 0 Å². The molecule has 0 aromatic rings. The van der Waals surface area contributed by atoms with Crippen molar-refractivity contribution in [1.82, 2.24) is 5.32 Å². The van der Waals surface area contributed by atoms with Crippen LogP contribution in [0.3, 0.4) is 0 Å². The zero-order valence-electron chi connectivity index (χ0n) is 5.63. The number of hydrogen-bond acceptors (Lipinski definition) is 3. The number of rotatable bonds is 2.